The second kappa shape index (κ2) is 13.4. The Morgan fingerprint density at radius 3 is 2.62 bits per heavy atom. The molecule has 0 atom stereocenters. The molecule has 53 heavy (non-hydrogen) atoms. The first-order valence-electron chi connectivity index (χ1n) is 18.2. The van der Waals surface area contributed by atoms with E-state index >= 15 is 0 Å². The summed E-state index contributed by atoms with van der Waals surface area (Å²) in [6.45, 7) is 3.64. The lowest BCUT2D eigenvalue weighted by atomic mass is 9.84. The van der Waals surface area contributed by atoms with Gasteiger partial charge in [-0.15, -0.1) is 0 Å². The molecule has 0 unspecified atom stereocenters. The average Bonchev–Trinajstić information content (AvgIpc) is 3.92. The number of anilines is 2. The number of likely N-dealkylation sites (tertiary alicyclic amines) is 1. The second-order valence-corrected chi connectivity index (χ2v) is 14.4. The quantitative estimate of drug-likeness (QED) is 0.234. The van der Waals surface area contributed by atoms with Crippen LogP contribution in [0, 0.1) is 17.2 Å². The van der Waals surface area contributed by atoms with Crippen LogP contribution in [0.4, 0.5) is 16.3 Å². The van der Waals surface area contributed by atoms with Crippen LogP contribution in [0.25, 0.3) is 22.2 Å². The first kappa shape index (κ1) is 32.7. The first-order chi connectivity index (χ1) is 25.9. The number of hydrogen-bond acceptors (Lipinski definition) is 9. The number of imidazole rings is 1. The molecule has 15 nitrogen and oxygen atoms in total. The molecule has 2 aliphatic heterocycles. The highest BCUT2D eigenvalue weighted by atomic mass is 16.2. The summed E-state index contributed by atoms with van der Waals surface area (Å²) in [6, 6.07) is 12.0. The summed E-state index contributed by atoms with van der Waals surface area (Å²) >= 11 is 0. The number of urea groups is 1. The van der Waals surface area contributed by atoms with Crippen molar-refractivity contribution in [1.82, 2.24) is 44.0 Å². The van der Waals surface area contributed by atoms with Crippen LogP contribution in [0.3, 0.4) is 0 Å². The third kappa shape index (κ3) is 6.35. The molecule has 3 aliphatic rings. The lowest BCUT2D eigenvalue weighted by molar-refractivity contribution is -0.120. The zero-order valence-corrected chi connectivity index (χ0v) is 29.1. The van der Waals surface area contributed by atoms with Crippen molar-refractivity contribution < 1.29 is 14.4 Å². The number of piperidine rings is 1. The Kier molecular flexibility index (Phi) is 8.31. The molecule has 7 heterocycles. The Morgan fingerprint density at radius 1 is 0.962 bits per heavy atom. The molecule has 6 aromatic rings. The summed E-state index contributed by atoms with van der Waals surface area (Å²) in [4.78, 5) is 50.1. The number of amides is 4. The average molecular weight is 711 g/mol. The Balaban J connectivity index is 0.766. The molecule has 0 radical (unpaired) electrons. The molecular weight excluding hydrogens is 672 g/mol. The zero-order valence-electron chi connectivity index (χ0n) is 29.1. The van der Waals surface area contributed by atoms with Crippen molar-refractivity contribution in [2.24, 2.45) is 5.92 Å². The van der Waals surface area contributed by atoms with Crippen LogP contribution < -0.4 is 15.5 Å². The minimum Gasteiger partial charge on any atom is -0.322 e. The number of carbonyl (C=O) groups excluding carboxylic acids is 3. The second-order valence-electron chi connectivity index (χ2n) is 14.4. The maximum absolute atomic E-state index is 13.1. The van der Waals surface area contributed by atoms with Crippen molar-refractivity contribution in [2.45, 2.75) is 56.9 Å². The van der Waals surface area contributed by atoms with E-state index in [0.29, 0.717) is 52.7 Å². The maximum atomic E-state index is 13.1. The Labute approximate surface area is 304 Å². The minimum atomic E-state index is -0.403. The predicted octanol–water partition coefficient (Wildman–Crippen LogP) is 4.91. The van der Waals surface area contributed by atoms with Crippen LogP contribution in [0.15, 0.2) is 67.5 Å². The molecule has 1 aliphatic carbocycles. The number of imide groups is 1. The number of hydrogen-bond donors (Lipinski definition) is 2. The molecule has 1 aromatic carbocycles. The first-order valence-corrected chi connectivity index (χ1v) is 18.2. The molecule has 5 aromatic heterocycles. The van der Waals surface area contributed by atoms with Crippen molar-refractivity contribution in [3.8, 4) is 6.07 Å². The van der Waals surface area contributed by atoms with E-state index in [1.165, 1.54) is 35.3 Å². The van der Waals surface area contributed by atoms with Gasteiger partial charge in [-0.05, 0) is 99.3 Å². The van der Waals surface area contributed by atoms with Gasteiger partial charge in [-0.1, -0.05) is 0 Å². The SMILES string of the molecule is N#Cc1cnc2c(C(=O)Nc3ccc4nn(C5CCC(CN6CCC(c7ccn8c(N9CCC(=O)NC9=O)cnc8c7)CC6)CC5)cc4c3)cnn2c1. The molecule has 4 amide bonds. The fourth-order valence-corrected chi connectivity index (χ4v) is 8.23. The van der Waals surface area contributed by atoms with E-state index in [1.54, 1.807) is 17.3 Å². The van der Waals surface area contributed by atoms with E-state index in [1.807, 2.05) is 34.9 Å². The number of nitrogens with one attached hydrogen (secondary N) is 2. The van der Waals surface area contributed by atoms with Gasteiger partial charge in [0.25, 0.3) is 5.91 Å². The summed E-state index contributed by atoms with van der Waals surface area (Å²) in [7, 11) is 0. The van der Waals surface area contributed by atoms with Crippen molar-refractivity contribution in [3.63, 3.8) is 0 Å². The number of pyridine rings is 1. The maximum Gasteiger partial charge on any atom is 0.329 e. The Hall–Kier alpha value is -6.14. The molecule has 3 fully saturated rings. The number of aromatic nitrogens is 7. The van der Waals surface area contributed by atoms with Crippen LogP contribution in [0.2, 0.25) is 0 Å². The third-order valence-electron chi connectivity index (χ3n) is 11.1. The fraction of sp³-hybridized carbons (Fsp3) is 0.368. The lowest BCUT2D eigenvalue weighted by Crippen LogP contribution is -2.50. The van der Waals surface area contributed by atoms with Gasteiger partial charge in [-0.25, -0.2) is 19.3 Å². The highest BCUT2D eigenvalue weighted by Crippen LogP contribution is 2.35. The molecule has 15 heteroatoms. The molecular formula is C38H38N12O3. The van der Waals surface area contributed by atoms with Gasteiger partial charge in [0.1, 0.15) is 23.1 Å². The highest BCUT2D eigenvalue weighted by Gasteiger charge is 2.29. The van der Waals surface area contributed by atoms with E-state index in [2.05, 4.69) is 53.6 Å². The number of nitrogens with zero attached hydrogens (tertiary/aromatic N) is 10. The number of carbonyl (C=O) groups is 3. The third-order valence-corrected chi connectivity index (χ3v) is 11.1. The molecule has 2 saturated heterocycles. The van der Waals surface area contributed by atoms with E-state index in [0.717, 1.165) is 61.9 Å². The monoisotopic (exact) mass is 710 g/mol. The standard InChI is InChI=1S/C38H38N12O3/c39-17-25-18-41-36-31(19-42-50(36)22-25)37(52)43-29-3-6-32-28(15-29)23-49(45-32)30-4-1-24(2-5-30)21-46-11-7-26(8-12-46)27-9-13-47-33(16-27)40-20-35(47)48-14-10-34(51)44-38(48)53/h3,6,9,13,15-16,18-20,22-24,26,30H,1-2,4-5,7-8,10-12,14,21H2,(H,43,52)(H,44,51,53). The largest absolute Gasteiger partial charge is 0.329 e. The minimum absolute atomic E-state index is 0.246. The summed E-state index contributed by atoms with van der Waals surface area (Å²) in [5.74, 6) is 1.27. The smallest absolute Gasteiger partial charge is 0.322 e. The summed E-state index contributed by atoms with van der Waals surface area (Å²) in [6.07, 6.45) is 17.3. The molecule has 0 bridgehead atoms. The fourth-order valence-electron chi connectivity index (χ4n) is 8.23. The molecule has 268 valence electrons. The van der Waals surface area contributed by atoms with Crippen LogP contribution in [-0.4, -0.2) is 82.7 Å². The number of nitriles is 1. The van der Waals surface area contributed by atoms with Gasteiger partial charge >= 0.3 is 6.03 Å². The van der Waals surface area contributed by atoms with Crippen LogP contribution >= 0.6 is 0 Å². The zero-order chi connectivity index (χ0) is 36.1. The van der Waals surface area contributed by atoms with Crippen LogP contribution in [-0.2, 0) is 4.79 Å². The Bertz CT molecular complexity index is 2420. The van der Waals surface area contributed by atoms with Crippen LogP contribution in [0.5, 0.6) is 0 Å². The normalized spacial score (nSPS) is 20.2. The topological polar surface area (TPSA) is 171 Å². The molecule has 2 N–H and O–H groups in total. The van der Waals surface area contributed by atoms with Crippen molar-refractivity contribution in [2.75, 3.05) is 36.4 Å². The van der Waals surface area contributed by atoms with Gasteiger partial charge in [0.05, 0.1) is 35.7 Å². The number of rotatable bonds is 7. The van der Waals surface area contributed by atoms with E-state index < -0.39 is 6.03 Å². The molecule has 0 spiro atoms. The van der Waals surface area contributed by atoms with Gasteiger partial charge in [-0.3, -0.25) is 28.9 Å². The van der Waals surface area contributed by atoms with Gasteiger partial charge < -0.3 is 10.2 Å². The summed E-state index contributed by atoms with van der Waals surface area (Å²) in [5, 5.41) is 24.5. The van der Waals surface area contributed by atoms with Gasteiger partial charge in [0.15, 0.2) is 5.65 Å². The predicted molar refractivity (Wildman–Crippen MR) is 195 cm³/mol. The molecule has 1 saturated carbocycles. The summed E-state index contributed by atoms with van der Waals surface area (Å²) < 4.78 is 5.47. The van der Waals surface area contributed by atoms with Crippen molar-refractivity contribution in [3.05, 3.63) is 84.2 Å². The van der Waals surface area contributed by atoms with E-state index in [9.17, 15) is 14.4 Å². The Morgan fingerprint density at radius 2 is 1.81 bits per heavy atom. The van der Waals surface area contributed by atoms with Crippen molar-refractivity contribution in [1.29, 1.82) is 5.26 Å². The number of fused-ring (bicyclic) bond motifs is 3. The summed E-state index contributed by atoms with van der Waals surface area (Å²) in [5.41, 5.74) is 4.76. The highest BCUT2D eigenvalue weighted by molar-refractivity contribution is 6.08. The van der Waals surface area contributed by atoms with Gasteiger partial charge in [0.2, 0.25) is 5.91 Å². The lowest BCUT2D eigenvalue weighted by Gasteiger charge is -2.36. The van der Waals surface area contributed by atoms with Gasteiger partial charge in [-0.2, -0.15) is 15.5 Å². The number of benzene rings is 1. The molecule has 9 rings (SSSR count). The van der Waals surface area contributed by atoms with E-state index in [-0.39, 0.29) is 18.2 Å². The van der Waals surface area contributed by atoms with Crippen LogP contribution in [0.1, 0.15) is 78.4 Å². The van der Waals surface area contributed by atoms with E-state index in [4.69, 9.17) is 10.4 Å². The van der Waals surface area contributed by atoms with Crippen molar-refractivity contribution >= 4 is 51.5 Å². The van der Waals surface area contributed by atoms with Gasteiger partial charge in [0, 0.05) is 49.2 Å².